The average molecular weight is 636 g/mol. The van der Waals surface area contributed by atoms with E-state index in [-0.39, 0.29) is 28.7 Å². The molecule has 0 radical (unpaired) electrons. The van der Waals surface area contributed by atoms with Crippen LogP contribution >= 0.6 is 0 Å². The lowest BCUT2D eigenvalue weighted by atomic mass is 9.71. The molecule has 0 saturated heterocycles. The van der Waals surface area contributed by atoms with Crippen LogP contribution in [0.1, 0.15) is 107 Å². The maximum Gasteiger partial charge on any atom is 0.247 e. The number of nitrogens with one attached hydrogen (secondary N) is 2. The predicted octanol–water partition coefficient (Wildman–Crippen LogP) is 6.97. The van der Waals surface area contributed by atoms with Crippen molar-refractivity contribution in [3.05, 3.63) is 92.7 Å². The first-order chi connectivity index (χ1) is 22.5. The highest BCUT2D eigenvalue weighted by Gasteiger charge is 2.31. The van der Waals surface area contributed by atoms with E-state index in [1.807, 2.05) is 6.07 Å². The largest absolute Gasteiger partial charge is 0.328 e. The quantitative estimate of drug-likeness (QED) is 0.246. The second-order valence-electron chi connectivity index (χ2n) is 14.5. The van der Waals surface area contributed by atoms with E-state index in [4.69, 9.17) is 9.78 Å². The smallest absolute Gasteiger partial charge is 0.247 e. The van der Waals surface area contributed by atoms with Gasteiger partial charge in [0, 0.05) is 55.3 Å². The number of hydrogen-bond donors (Lipinski definition) is 2. The van der Waals surface area contributed by atoms with Crippen LogP contribution in [-0.4, -0.2) is 40.4 Å². The van der Waals surface area contributed by atoms with Crippen LogP contribution in [0.4, 0.5) is 0 Å². The number of carbonyl (C=O) groups excluding carboxylic acids is 3. The Labute approximate surface area is 278 Å². The topological polar surface area (TPSA) is 109 Å². The molecule has 2 heterocycles. The molecule has 1 fully saturated rings. The molecule has 0 aliphatic heterocycles. The number of benzene rings is 1. The summed E-state index contributed by atoms with van der Waals surface area (Å²) >= 11 is 0. The molecule has 2 N–H and O–H groups in total. The van der Waals surface area contributed by atoms with Crippen molar-refractivity contribution < 1.29 is 14.4 Å². The summed E-state index contributed by atoms with van der Waals surface area (Å²) in [5.74, 6) is 1.24. The van der Waals surface area contributed by atoms with Crippen molar-refractivity contribution in [1.29, 1.82) is 0 Å². The highest BCUT2D eigenvalue weighted by atomic mass is 16.1. The number of ketones is 2. The SMILES string of the molecule is CC(C)(C)[C@H]1CCc2nc3c(cc2C1)C=C(C(=O)C[C@H](CCNC1CCCC(=O)C1)c1ccc(-c2ccc(=O)[nH]c2)cc1)C3.CC=O. The van der Waals surface area contributed by atoms with E-state index < -0.39 is 0 Å². The van der Waals surface area contributed by atoms with Crippen molar-refractivity contribution in [2.75, 3.05) is 6.54 Å². The zero-order chi connectivity index (χ0) is 33.6. The molecular formula is C40H49N3O4. The number of H-pyrrole nitrogens is 1. The number of pyridine rings is 2. The number of carbonyl (C=O) groups is 3. The van der Waals surface area contributed by atoms with E-state index in [9.17, 15) is 14.4 Å². The van der Waals surface area contributed by atoms with Crippen LogP contribution in [0.5, 0.6) is 0 Å². The van der Waals surface area contributed by atoms with Crippen molar-refractivity contribution >= 4 is 23.9 Å². The van der Waals surface area contributed by atoms with Gasteiger partial charge in [0.2, 0.25) is 5.56 Å². The fourth-order valence-electron chi connectivity index (χ4n) is 7.27. The summed E-state index contributed by atoms with van der Waals surface area (Å²) < 4.78 is 0. The summed E-state index contributed by atoms with van der Waals surface area (Å²) in [4.78, 5) is 53.9. The third-order valence-corrected chi connectivity index (χ3v) is 10.1. The fourth-order valence-corrected chi connectivity index (χ4v) is 7.27. The molecule has 0 spiro atoms. The average Bonchev–Trinajstić information content (AvgIpc) is 3.46. The molecule has 1 saturated carbocycles. The number of fused-ring (bicyclic) bond motifs is 2. The zero-order valence-corrected chi connectivity index (χ0v) is 28.4. The molecule has 3 aliphatic carbocycles. The lowest BCUT2D eigenvalue weighted by Crippen LogP contribution is -2.35. The molecule has 0 amide bonds. The summed E-state index contributed by atoms with van der Waals surface area (Å²) in [6, 6.07) is 14.3. The summed E-state index contributed by atoms with van der Waals surface area (Å²) in [6.45, 7) is 9.20. The van der Waals surface area contributed by atoms with Crippen LogP contribution < -0.4 is 10.9 Å². The minimum Gasteiger partial charge on any atom is -0.328 e. The number of aromatic nitrogens is 2. The first kappa shape index (κ1) is 34.4. The number of aldehydes is 1. The van der Waals surface area contributed by atoms with Crippen molar-refractivity contribution in [1.82, 2.24) is 15.3 Å². The van der Waals surface area contributed by atoms with Gasteiger partial charge in [-0.2, -0.15) is 0 Å². The van der Waals surface area contributed by atoms with Gasteiger partial charge in [-0.05, 0) is 115 Å². The molecule has 7 nitrogen and oxygen atoms in total. The molecule has 2 aromatic heterocycles. The molecule has 6 rings (SSSR count). The number of allylic oxidation sites excluding steroid dienone is 1. The van der Waals surface area contributed by atoms with Gasteiger partial charge >= 0.3 is 0 Å². The van der Waals surface area contributed by atoms with Gasteiger partial charge in [-0.15, -0.1) is 0 Å². The molecule has 3 aromatic rings. The van der Waals surface area contributed by atoms with E-state index in [1.165, 1.54) is 30.7 Å². The van der Waals surface area contributed by atoms with Crippen LogP contribution in [0, 0.1) is 11.3 Å². The van der Waals surface area contributed by atoms with Gasteiger partial charge in [-0.3, -0.25) is 19.4 Å². The van der Waals surface area contributed by atoms with Crippen molar-refractivity contribution in [3.63, 3.8) is 0 Å². The Morgan fingerprint density at radius 1 is 1.02 bits per heavy atom. The third-order valence-electron chi connectivity index (χ3n) is 10.1. The van der Waals surface area contributed by atoms with Gasteiger partial charge in [0.15, 0.2) is 5.78 Å². The summed E-state index contributed by atoms with van der Waals surface area (Å²) in [7, 11) is 0. The van der Waals surface area contributed by atoms with Crippen LogP contribution in [-0.2, 0) is 33.6 Å². The Kier molecular flexibility index (Phi) is 11.2. The van der Waals surface area contributed by atoms with Gasteiger partial charge in [0.25, 0.3) is 0 Å². The lowest BCUT2D eigenvalue weighted by Gasteiger charge is -2.34. The molecule has 1 aromatic carbocycles. The second-order valence-corrected chi connectivity index (χ2v) is 14.5. The van der Waals surface area contributed by atoms with E-state index in [2.05, 4.69) is 67.5 Å². The summed E-state index contributed by atoms with van der Waals surface area (Å²) in [5.41, 5.74) is 8.86. The van der Waals surface area contributed by atoms with E-state index in [1.54, 1.807) is 6.20 Å². The Morgan fingerprint density at radius 2 is 1.77 bits per heavy atom. The fraction of sp³-hybridized carbons (Fsp3) is 0.475. The monoisotopic (exact) mass is 635 g/mol. The molecule has 7 heteroatoms. The third kappa shape index (κ3) is 8.89. The molecule has 3 atom stereocenters. The minimum atomic E-state index is -0.121. The maximum atomic E-state index is 13.8. The number of aromatic amines is 1. The normalized spacial score (nSPS) is 19.5. The molecule has 47 heavy (non-hydrogen) atoms. The number of hydrogen-bond acceptors (Lipinski definition) is 6. The first-order valence-electron chi connectivity index (χ1n) is 17.2. The summed E-state index contributed by atoms with van der Waals surface area (Å²) in [6.07, 6.45) is 13.0. The molecule has 1 unspecified atom stereocenters. The Hall–Kier alpha value is -3.97. The minimum absolute atomic E-state index is 0.0530. The zero-order valence-electron chi connectivity index (χ0n) is 28.4. The van der Waals surface area contributed by atoms with Crippen molar-refractivity contribution in [2.45, 2.75) is 104 Å². The first-order valence-corrected chi connectivity index (χ1v) is 17.2. The Balaban J connectivity index is 0.00000139. The Bertz CT molecular complexity index is 1660. The van der Waals surface area contributed by atoms with Gasteiger partial charge < -0.3 is 15.1 Å². The highest BCUT2D eigenvalue weighted by molar-refractivity contribution is 6.02. The van der Waals surface area contributed by atoms with Crippen LogP contribution in [0.15, 0.2) is 59.0 Å². The van der Waals surface area contributed by atoms with E-state index >= 15 is 0 Å². The van der Waals surface area contributed by atoms with Crippen molar-refractivity contribution in [3.8, 4) is 11.1 Å². The molecule has 0 bridgehead atoms. The number of aryl methyl sites for hydroxylation is 1. The standard InChI is InChI=1S/C38H45N3O3.C2H4O/c1-38(2,3)31-12-13-34-29(19-31)17-28-18-30(20-35(28)41-34)36(43)21-26(15-16-39-32-5-4-6-33(42)22-32)24-7-9-25(10-8-24)27-11-14-37(44)40-23-27;1-2-3/h7-11,14,17-18,23,26,31-32,39H,4-6,12-13,15-16,19-22H2,1-3H3,(H,40,44);2H,1H3/t26-,31-,32?;/m0./s1. The van der Waals surface area contributed by atoms with Gasteiger partial charge in [-0.1, -0.05) is 45.0 Å². The Morgan fingerprint density at radius 3 is 2.45 bits per heavy atom. The number of Topliss-reactive ketones (excluding diaryl/α,β-unsaturated/α-hetero) is 2. The van der Waals surface area contributed by atoms with E-state index in [0.29, 0.717) is 37.4 Å². The van der Waals surface area contributed by atoms with Crippen LogP contribution in [0.25, 0.3) is 17.2 Å². The van der Waals surface area contributed by atoms with Gasteiger partial charge in [0.1, 0.15) is 12.1 Å². The molecule has 248 valence electrons. The molecule has 3 aliphatic rings. The summed E-state index contributed by atoms with van der Waals surface area (Å²) in [5, 5.41) is 3.61. The maximum absolute atomic E-state index is 13.8. The van der Waals surface area contributed by atoms with Crippen molar-refractivity contribution in [2.24, 2.45) is 11.3 Å². The highest BCUT2D eigenvalue weighted by Crippen LogP contribution is 2.39. The predicted molar refractivity (Wildman–Crippen MR) is 187 cm³/mol. The lowest BCUT2D eigenvalue weighted by molar-refractivity contribution is -0.120. The van der Waals surface area contributed by atoms with E-state index in [0.717, 1.165) is 78.5 Å². The van der Waals surface area contributed by atoms with Gasteiger partial charge in [-0.25, -0.2) is 0 Å². The van der Waals surface area contributed by atoms with Gasteiger partial charge in [0.05, 0.1) is 5.69 Å². The second kappa shape index (κ2) is 15.3. The van der Waals surface area contributed by atoms with Crippen LogP contribution in [0.3, 0.4) is 0 Å². The molecular weight excluding hydrogens is 586 g/mol. The van der Waals surface area contributed by atoms with Crippen LogP contribution in [0.2, 0.25) is 0 Å². The number of rotatable bonds is 9. The number of nitrogens with zero attached hydrogens (tertiary/aromatic N) is 1.